The van der Waals surface area contributed by atoms with Crippen LogP contribution in [0, 0.1) is 11.3 Å². The molecule has 2 atom stereocenters. The summed E-state index contributed by atoms with van der Waals surface area (Å²) < 4.78 is 40.4. The molecular weight excluding hydrogens is 513 g/mol. The summed E-state index contributed by atoms with van der Waals surface area (Å²) in [5.41, 5.74) is -2.50. The number of hydrogen-bond donors (Lipinski definition) is 1. The number of fused-ring (bicyclic) bond motifs is 2. The summed E-state index contributed by atoms with van der Waals surface area (Å²) in [4.78, 5) is 18.8. The van der Waals surface area contributed by atoms with E-state index < -0.39 is 22.8 Å². The van der Waals surface area contributed by atoms with Crippen molar-refractivity contribution in [2.24, 2.45) is 0 Å². The SMILES string of the molecule is CC1(C)C(=O)N(c2ccc(C#N)c(C(F)(F)F)c2)C(=S)N1CCCCCCCCN1C2CCC1CC(O)C2. The Hall–Kier alpha value is -2.22. The van der Waals surface area contributed by atoms with Crippen LogP contribution < -0.4 is 4.90 Å². The Balaban J connectivity index is 1.24. The Morgan fingerprint density at radius 3 is 2.21 bits per heavy atom. The van der Waals surface area contributed by atoms with Gasteiger partial charge in [0.1, 0.15) is 5.54 Å². The van der Waals surface area contributed by atoms with E-state index in [0.29, 0.717) is 18.6 Å². The van der Waals surface area contributed by atoms with Crippen LogP contribution in [0.25, 0.3) is 0 Å². The van der Waals surface area contributed by atoms with Crippen LogP contribution in [0.1, 0.15) is 89.2 Å². The second-order valence-electron chi connectivity index (χ2n) is 11.3. The Morgan fingerprint density at radius 2 is 1.63 bits per heavy atom. The van der Waals surface area contributed by atoms with Crippen LogP contribution >= 0.6 is 12.2 Å². The van der Waals surface area contributed by atoms with Gasteiger partial charge in [0.05, 0.1) is 29.0 Å². The first-order chi connectivity index (χ1) is 17.9. The molecular formula is C28H37F3N4O2S. The number of rotatable bonds is 10. The van der Waals surface area contributed by atoms with Gasteiger partial charge < -0.3 is 10.0 Å². The van der Waals surface area contributed by atoms with E-state index in [1.54, 1.807) is 24.8 Å². The van der Waals surface area contributed by atoms with Crippen molar-refractivity contribution >= 4 is 28.9 Å². The van der Waals surface area contributed by atoms with Gasteiger partial charge in [-0.05, 0) is 89.3 Å². The number of carbonyl (C=O) groups excluding carboxylic acids is 1. The molecule has 1 aromatic rings. The summed E-state index contributed by atoms with van der Waals surface area (Å²) in [5, 5.41) is 19.2. The molecule has 3 fully saturated rings. The van der Waals surface area contributed by atoms with Crippen LogP contribution in [-0.4, -0.2) is 62.7 Å². The average molecular weight is 551 g/mol. The highest BCUT2D eigenvalue weighted by Crippen LogP contribution is 2.38. The van der Waals surface area contributed by atoms with E-state index in [4.69, 9.17) is 17.5 Å². The molecule has 0 aliphatic carbocycles. The van der Waals surface area contributed by atoms with Crippen molar-refractivity contribution in [3.8, 4) is 6.07 Å². The number of nitrogens with zero attached hydrogens (tertiary/aromatic N) is 4. The molecule has 3 aliphatic rings. The standard InChI is InChI=1S/C28H37F3N4O2S/c1-27(2)25(37)35(22-10-9-19(18-32)24(17-22)28(29,30)31)26(38)34(27)14-8-6-4-3-5-7-13-33-20-11-12-21(33)16-23(36)15-20/h9-10,17,20-21,23,36H,3-8,11-16H2,1-2H3. The highest BCUT2D eigenvalue weighted by Gasteiger charge is 2.49. The maximum atomic E-state index is 13.5. The molecule has 2 unspecified atom stereocenters. The van der Waals surface area contributed by atoms with E-state index in [0.717, 1.165) is 57.2 Å². The summed E-state index contributed by atoms with van der Waals surface area (Å²) in [7, 11) is 0. The number of benzene rings is 1. The number of alkyl halides is 3. The summed E-state index contributed by atoms with van der Waals surface area (Å²) in [6.45, 7) is 5.14. The molecule has 0 saturated carbocycles. The van der Waals surface area contributed by atoms with Crippen LogP contribution in [0.3, 0.4) is 0 Å². The van der Waals surface area contributed by atoms with Crippen molar-refractivity contribution in [2.75, 3.05) is 18.0 Å². The molecule has 3 heterocycles. The van der Waals surface area contributed by atoms with Crippen molar-refractivity contribution in [2.45, 2.75) is 108 Å². The summed E-state index contributed by atoms with van der Waals surface area (Å²) in [5.74, 6) is -0.375. The first-order valence-corrected chi connectivity index (χ1v) is 14.1. The third kappa shape index (κ3) is 5.85. The summed E-state index contributed by atoms with van der Waals surface area (Å²) in [6.07, 6.45) is 5.79. The van der Waals surface area contributed by atoms with Crippen LogP contribution in [0.5, 0.6) is 0 Å². The van der Waals surface area contributed by atoms with Crippen LogP contribution in [0.2, 0.25) is 0 Å². The smallest absolute Gasteiger partial charge is 0.393 e. The molecule has 1 N–H and O–H groups in total. The highest BCUT2D eigenvalue weighted by molar-refractivity contribution is 7.80. The van der Waals surface area contributed by atoms with E-state index >= 15 is 0 Å². The van der Waals surface area contributed by atoms with Gasteiger partial charge in [-0.1, -0.05) is 25.7 Å². The molecule has 10 heteroatoms. The van der Waals surface area contributed by atoms with Gasteiger partial charge in [-0.15, -0.1) is 0 Å². The van der Waals surface area contributed by atoms with E-state index in [1.165, 1.54) is 36.6 Å². The molecule has 0 aromatic heterocycles. The maximum Gasteiger partial charge on any atom is 0.417 e. The van der Waals surface area contributed by atoms with E-state index in [1.807, 2.05) is 0 Å². The topological polar surface area (TPSA) is 70.8 Å². The predicted octanol–water partition coefficient (Wildman–Crippen LogP) is 5.62. The molecule has 4 rings (SSSR count). The number of anilines is 1. The van der Waals surface area contributed by atoms with Crippen molar-refractivity contribution in [1.29, 1.82) is 5.26 Å². The number of aliphatic hydroxyl groups excluding tert-OH is 1. The summed E-state index contributed by atoms with van der Waals surface area (Å²) >= 11 is 5.56. The van der Waals surface area contributed by atoms with Crippen molar-refractivity contribution in [3.05, 3.63) is 29.3 Å². The molecule has 1 aromatic carbocycles. The molecule has 0 spiro atoms. The van der Waals surface area contributed by atoms with Crippen LogP contribution in [0.4, 0.5) is 18.9 Å². The van der Waals surface area contributed by atoms with E-state index in [9.17, 15) is 23.1 Å². The monoisotopic (exact) mass is 550 g/mol. The normalized spacial score (nSPS) is 25.3. The van der Waals surface area contributed by atoms with E-state index in [-0.39, 0.29) is 22.8 Å². The highest BCUT2D eigenvalue weighted by atomic mass is 32.1. The minimum absolute atomic E-state index is 0.0264. The molecule has 6 nitrogen and oxygen atoms in total. The lowest BCUT2D eigenvalue weighted by molar-refractivity contribution is -0.137. The fourth-order valence-electron chi connectivity index (χ4n) is 6.32. The zero-order chi connectivity index (χ0) is 27.7. The molecule has 1 amide bonds. The Kier molecular flexibility index (Phi) is 8.70. The van der Waals surface area contributed by atoms with Crippen LogP contribution in [-0.2, 0) is 11.0 Å². The number of unbranched alkanes of at least 4 members (excludes halogenated alkanes) is 5. The predicted molar refractivity (Wildman–Crippen MR) is 143 cm³/mol. The lowest BCUT2D eigenvalue weighted by atomic mass is 9.99. The fraction of sp³-hybridized carbons (Fsp3) is 0.679. The van der Waals surface area contributed by atoms with Gasteiger partial charge in [0.15, 0.2) is 5.11 Å². The van der Waals surface area contributed by atoms with Gasteiger partial charge in [0.25, 0.3) is 5.91 Å². The van der Waals surface area contributed by atoms with Gasteiger partial charge in [0.2, 0.25) is 0 Å². The zero-order valence-corrected chi connectivity index (χ0v) is 23.0. The third-order valence-electron chi connectivity index (χ3n) is 8.42. The molecule has 2 bridgehead atoms. The van der Waals surface area contributed by atoms with E-state index in [2.05, 4.69) is 4.90 Å². The number of nitriles is 1. The quantitative estimate of drug-likeness (QED) is 0.301. The number of halogens is 3. The second-order valence-corrected chi connectivity index (χ2v) is 11.7. The van der Waals surface area contributed by atoms with Crippen molar-refractivity contribution in [1.82, 2.24) is 9.80 Å². The van der Waals surface area contributed by atoms with Gasteiger partial charge in [-0.3, -0.25) is 14.6 Å². The molecule has 3 aliphatic heterocycles. The van der Waals surface area contributed by atoms with Gasteiger partial charge >= 0.3 is 6.18 Å². The fourth-order valence-corrected chi connectivity index (χ4v) is 6.83. The van der Waals surface area contributed by atoms with Crippen LogP contribution in [0.15, 0.2) is 18.2 Å². The molecule has 0 radical (unpaired) electrons. The third-order valence-corrected chi connectivity index (χ3v) is 8.82. The Bertz CT molecular complexity index is 1070. The number of aliphatic hydroxyl groups is 1. The lowest BCUT2D eigenvalue weighted by Crippen LogP contribution is -2.44. The molecule has 208 valence electrons. The largest absolute Gasteiger partial charge is 0.417 e. The number of amides is 1. The number of piperidine rings is 1. The Labute approximate surface area is 228 Å². The average Bonchev–Trinajstić information content (AvgIpc) is 3.19. The molecule has 38 heavy (non-hydrogen) atoms. The van der Waals surface area contributed by atoms with Crippen molar-refractivity contribution in [3.63, 3.8) is 0 Å². The second kappa shape index (κ2) is 11.5. The van der Waals surface area contributed by atoms with Gasteiger partial charge in [-0.2, -0.15) is 18.4 Å². The number of hydrogen-bond acceptors (Lipinski definition) is 5. The number of thiocarbonyl (C=S) groups is 1. The minimum Gasteiger partial charge on any atom is -0.393 e. The Morgan fingerprint density at radius 1 is 1.05 bits per heavy atom. The zero-order valence-electron chi connectivity index (χ0n) is 22.1. The van der Waals surface area contributed by atoms with Crippen molar-refractivity contribution < 1.29 is 23.1 Å². The molecule has 3 saturated heterocycles. The summed E-state index contributed by atoms with van der Waals surface area (Å²) in [6, 6.07) is 5.94. The minimum atomic E-state index is -4.71. The maximum absolute atomic E-state index is 13.5. The first kappa shape index (κ1) is 28.8. The first-order valence-electron chi connectivity index (χ1n) is 13.7. The van der Waals surface area contributed by atoms with Gasteiger partial charge in [0, 0.05) is 18.6 Å². The van der Waals surface area contributed by atoms with Gasteiger partial charge in [-0.25, -0.2) is 0 Å². The number of carbonyl (C=O) groups is 1. The lowest BCUT2D eigenvalue weighted by Gasteiger charge is -2.37.